The number of para-hydroxylation sites is 1. The lowest BCUT2D eigenvalue weighted by Crippen LogP contribution is -2.33. The van der Waals surface area contributed by atoms with Gasteiger partial charge in [0.2, 0.25) is 6.23 Å². The second-order valence-electron chi connectivity index (χ2n) is 5.65. The van der Waals surface area contributed by atoms with Crippen LogP contribution in [0.2, 0.25) is 0 Å². The molecule has 0 saturated heterocycles. The number of nitrogens with zero attached hydrogens (tertiary/aromatic N) is 2. The van der Waals surface area contributed by atoms with Crippen molar-refractivity contribution in [1.82, 2.24) is 5.01 Å². The molecule has 0 spiro atoms. The number of fused-ring (bicyclic) bond motifs is 3. The molecule has 2 aliphatic heterocycles. The summed E-state index contributed by atoms with van der Waals surface area (Å²) < 4.78 is 6.29. The molecule has 0 radical (unpaired) electrons. The molecular weight excluding hydrogens is 324 g/mol. The molecule has 2 aliphatic rings. The molecule has 3 aromatic rings. The Morgan fingerprint density at radius 1 is 1.00 bits per heavy atom. The van der Waals surface area contributed by atoms with Crippen molar-refractivity contribution in [2.24, 2.45) is 5.10 Å². The molecular formula is C18H14N2OS2. The first-order valence-electron chi connectivity index (χ1n) is 7.59. The lowest BCUT2D eigenvalue weighted by atomic mass is 9.98. The van der Waals surface area contributed by atoms with Crippen LogP contribution in [0.25, 0.3) is 0 Å². The van der Waals surface area contributed by atoms with Crippen LogP contribution in [0.15, 0.2) is 64.4 Å². The van der Waals surface area contributed by atoms with Gasteiger partial charge >= 0.3 is 0 Å². The number of thiophene rings is 2. The van der Waals surface area contributed by atoms with Crippen molar-refractivity contribution in [2.75, 3.05) is 0 Å². The Kier molecular flexibility index (Phi) is 3.02. The molecule has 4 heterocycles. The average molecular weight is 338 g/mol. The Balaban J connectivity index is 1.62. The van der Waals surface area contributed by atoms with Crippen LogP contribution < -0.4 is 4.74 Å². The van der Waals surface area contributed by atoms with Crippen LogP contribution in [0.1, 0.15) is 34.0 Å². The largest absolute Gasteiger partial charge is 0.464 e. The highest BCUT2D eigenvalue weighted by atomic mass is 32.1. The smallest absolute Gasteiger partial charge is 0.222 e. The molecule has 0 N–H and O–H groups in total. The topological polar surface area (TPSA) is 24.8 Å². The van der Waals surface area contributed by atoms with Crippen LogP contribution >= 0.6 is 22.7 Å². The van der Waals surface area contributed by atoms with Gasteiger partial charge in [-0.2, -0.15) is 5.10 Å². The average Bonchev–Trinajstić information content (AvgIpc) is 3.34. The highest BCUT2D eigenvalue weighted by molar-refractivity contribution is 7.12. The van der Waals surface area contributed by atoms with Crippen molar-refractivity contribution >= 4 is 28.4 Å². The minimum atomic E-state index is -0.132. The Morgan fingerprint density at radius 2 is 1.87 bits per heavy atom. The SMILES string of the molecule is c1csc(C2=NN3[C@@H](C2)c2ccccc2O[C@H]3c2cccs2)c1. The van der Waals surface area contributed by atoms with Gasteiger partial charge in [-0.05, 0) is 29.0 Å². The van der Waals surface area contributed by atoms with Crippen LogP contribution in [0.3, 0.4) is 0 Å². The number of hydrogen-bond donors (Lipinski definition) is 0. The normalized spacial score (nSPS) is 22.3. The van der Waals surface area contributed by atoms with Gasteiger partial charge in [-0.3, -0.25) is 0 Å². The van der Waals surface area contributed by atoms with Crippen LogP contribution in [-0.2, 0) is 0 Å². The third kappa shape index (κ3) is 2.11. The third-order valence-corrected chi connectivity index (χ3v) is 6.11. The summed E-state index contributed by atoms with van der Waals surface area (Å²) in [5, 5.41) is 11.3. The zero-order valence-corrected chi connectivity index (χ0v) is 13.9. The summed E-state index contributed by atoms with van der Waals surface area (Å²) in [4.78, 5) is 2.45. The highest BCUT2D eigenvalue weighted by Crippen LogP contribution is 2.48. The molecule has 0 aliphatic carbocycles. The predicted octanol–water partition coefficient (Wildman–Crippen LogP) is 5.05. The number of benzene rings is 1. The highest BCUT2D eigenvalue weighted by Gasteiger charge is 2.41. The molecule has 2 aromatic heterocycles. The third-order valence-electron chi connectivity index (χ3n) is 4.29. The summed E-state index contributed by atoms with van der Waals surface area (Å²) in [6.45, 7) is 0. The minimum Gasteiger partial charge on any atom is -0.464 e. The maximum Gasteiger partial charge on any atom is 0.222 e. The van der Waals surface area contributed by atoms with E-state index in [1.165, 1.54) is 15.3 Å². The van der Waals surface area contributed by atoms with Crippen molar-refractivity contribution in [3.63, 3.8) is 0 Å². The second-order valence-corrected chi connectivity index (χ2v) is 7.57. The Bertz CT molecular complexity index is 855. The van der Waals surface area contributed by atoms with Crippen molar-refractivity contribution in [3.05, 3.63) is 74.6 Å². The van der Waals surface area contributed by atoms with E-state index in [9.17, 15) is 0 Å². The Hall–Kier alpha value is -2.11. The van der Waals surface area contributed by atoms with E-state index >= 15 is 0 Å². The molecule has 0 unspecified atom stereocenters. The van der Waals surface area contributed by atoms with E-state index in [0.29, 0.717) is 0 Å². The molecule has 0 fully saturated rings. The van der Waals surface area contributed by atoms with E-state index in [-0.39, 0.29) is 12.3 Å². The van der Waals surface area contributed by atoms with E-state index in [4.69, 9.17) is 9.84 Å². The molecule has 5 rings (SSSR count). The van der Waals surface area contributed by atoms with Gasteiger partial charge in [0.25, 0.3) is 0 Å². The zero-order chi connectivity index (χ0) is 15.2. The van der Waals surface area contributed by atoms with Crippen LogP contribution in [0, 0.1) is 0 Å². The maximum atomic E-state index is 6.29. The molecule has 0 bridgehead atoms. The van der Waals surface area contributed by atoms with Gasteiger partial charge < -0.3 is 4.74 Å². The van der Waals surface area contributed by atoms with E-state index in [1.807, 2.05) is 6.07 Å². The van der Waals surface area contributed by atoms with E-state index in [0.717, 1.165) is 17.9 Å². The fourth-order valence-electron chi connectivity index (χ4n) is 3.25. The predicted molar refractivity (Wildman–Crippen MR) is 94.2 cm³/mol. The van der Waals surface area contributed by atoms with Crippen molar-refractivity contribution in [2.45, 2.75) is 18.7 Å². The van der Waals surface area contributed by atoms with Crippen LogP contribution in [-0.4, -0.2) is 10.7 Å². The Labute approximate surface area is 142 Å². The quantitative estimate of drug-likeness (QED) is 0.653. The van der Waals surface area contributed by atoms with E-state index < -0.39 is 0 Å². The van der Waals surface area contributed by atoms with E-state index in [1.54, 1.807) is 22.7 Å². The molecule has 3 nitrogen and oxygen atoms in total. The van der Waals surface area contributed by atoms with E-state index in [2.05, 4.69) is 58.2 Å². The summed E-state index contributed by atoms with van der Waals surface area (Å²) in [7, 11) is 0. The van der Waals surface area contributed by atoms with Crippen LogP contribution in [0.5, 0.6) is 5.75 Å². The zero-order valence-electron chi connectivity index (χ0n) is 12.3. The minimum absolute atomic E-state index is 0.132. The summed E-state index contributed by atoms with van der Waals surface area (Å²) in [6, 6.07) is 17.0. The van der Waals surface area contributed by atoms with Gasteiger partial charge in [0.05, 0.1) is 21.5 Å². The van der Waals surface area contributed by atoms with Crippen LogP contribution in [0.4, 0.5) is 0 Å². The lowest BCUT2D eigenvalue weighted by molar-refractivity contribution is -0.0165. The molecule has 0 amide bonds. The number of hydrazone groups is 1. The van der Waals surface area contributed by atoms with Crippen molar-refractivity contribution in [3.8, 4) is 5.75 Å². The summed E-state index contributed by atoms with van der Waals surface area (Å²) in [5.74, 6) is 0.981. The fourth-order valence-corrected chi connectivity index (χ4v) is 4.71. The molecule has 1 aromatic carbocycles. The fraction of sp³-hybridized carbons (Fsp3) is 0.167. The standard InChI is InChI=1S/C18H14N2OS2/c1-2-6-15-12(5-1)14-11-13(16-7-3-9-22-16)19-20(14)18(21-15)17-8-4-10-23-17/h1-10,14,18H,11H2/t14-,18-/m0/s1. The number of ether oxygens (including phenoxy) is 1. The summed E-state index contributed by atoms with van der Waals surface area (Å²) in [5.41, 5.74) is 2.39. The lowest BCUT2D eigenvalue weighted by Gasteiger charge is -2.37. The van der Waals surface area contributed by atoms with Crippen molar-refractivity contribution in [1.29, 1.82) is 0 Å². The molecule has 5 heteroatoms. The van der Waals surface area contributed by atoms with Gasteiger partial charge in [0.15, 0.2) is 0 Å². The second kappa shape index (κ2) is 5.22. The van der Waals surface area contributed by atoms with Gasteiger partial charge in [-0.25, -0.2) is 5.01 Å². The Morgan fingerprint density at radius 3 is 2.70 bits per heavy atom. The maximum absolute atomic E-state index is 6.29. The molecule has 0 saturated carbocycles. The molecule has 114 valence electrons. The summed E-state index contributed by atoms with van der Waals surface area (Å²) in [6.07, 6.45) is 0.801. The van der Waals surface area contributed by atoms with Gasteiger partial charge in [0, 0.05) is 12.0 Å². The van der Waals surface area contributed by atoms with Gasteiger partial charge in [-0.1, -0.05) is 30.3 Å². The van der Waals surface area contributed by atoms with Gasteiger partial charge in [-0.15, -0.1) is 22.7 Å². The first kappa shape index (κ1) is 13.3. The molecule has 2 atom stereocenters. The summed E-state index contributed by atoms with van der Waals surface area (Å²) >= 11 is 3.47. The number of rotatable bonds is 2. The first-order valence-corrected chi connectivity index (χ1v) is 9.35. The first-order chi connectivity index (χ1) is 11.4. The number of hydrogen-bond acceptors (Lipinski definition) is 5. The van der Waals surface area contributed by atoms with Crippen molar-refractivity contribution < 1.29 is 4.74 Å². The molecule has 23 heavy (non-hydrogen) atoms. The van der Waals surface area contributed by atoms with Gasteiger partial charge in [0.1, 0.15) is 5.75 Å². The monoisotopic (exact) mass is 338 g/mol.